The minimum Gasteiger partial charge on any atom is -0.390 e. The van der Waals surface area contributed by atoms with Gasteiger partial charge >= 0.3 is 6.18 Å². The predicted octanol–water partition coefficient (Wildman–Crippen LogP) is 6.07. The summed E-state index contributed by atoms with van der Waals surface area (Å²) in [6.07, 6.45) is -0.00119. The summed E-state index contributed by atoms with van der Waals surface area (Å²) in [5.74, 6) is -0.289. The van der Waals surface area contributed by atoms with E-state index in [1.54, 1.807) is 13.8 Å². The van der Waals surface area contributed by atoms with Gasteiger partial charge < -0.3 is 10.0 Å². The van der Waals surface area contributed by atoms with Crippen LogP contribution in [0.15, 0.2) is 54.9 Å². The number of hydrogen-bond acceptors (Lipinski definition) is 4. The number of anilines is 1. The van der Waals surface area contributed by atoms with Crippen LogP contribution in [-0.4, -0.2) is 27.2 Å². The Morgan fingerprint density at radius 2 is 1.60 bits per heavy atom. The predicted molar refractivity (Wildman–Crippen MR) is 127 cm³/mol. The van der Waals surface area contributed by atoms with Gasteiger partial charge in [-0.15, -0.1) is 0 Å². The molecule has 0 saturated carbocycles. The molecule has 3 aromatic rings. The van der Waals surface area contributed by atoms with Crippen molar-refractivity contribution in [2.75, 3.05) is 11.4 Å². The molecule has 186 valence electrons. The van der Waals surface area contributed by atoms with E-state index < -0.39 is 23.2 Å². The molecule has 0 aliphatic carbocycles. The van der Waals surface area contributed by atoms with Crippen LogP contribution in [-0.2, 0) is 25.4 Å². The van der Waals surface area contributed by atoms with Gasteiger partial charge in [0.2, 0.25) is 0 Å². The molecule has 2 heterocycles. The second-order valence-electron chi connectivity index (χ2n) is 9.73. The minimum atomic E-state index is -4.39. The van der Waals surface area contributed by atoms with E-state index in [2.05, 4.69) is 9.97 Å². The molecule has 35 heavy (non-hydrogen) atoms. The molecule has 0 amide bonds. The van der Waals surface area contributed by atoms with Crippen LogP contribution in [0, 0.1) is 5.82 Å². The maximum absolute atomic E-state index is 15.4. The molecule has 0 spiro atoms. The van der Waals surface area contributed by atoms with Crippen LogP contribution in [0.3, 0.4) is 0 Å². The lowest BCUT2D eigenvalue weighted by atomic mass is 9.97. The number of benzene rings is 2. The molecule has 1 N–H and O–H groups in total. The van der Waals surface area contributed by atoms with Crippen LogP contribution in [0.4, 0.5) is 23.4 Å². The number of aliphatic hydroxyl groups is 1. The van der Waals surface area contributed by atoms with Gasteiger partial charge in [-0.3, -0.25) is 0 Å². The molecule has 1 atom stereocenters. The monoisotopic (exact) mass is 487 g/mol. The number of aromatic nitrogens is 2. The highest BCUT2D eigenvalue weighted by Gasteiger charge is 2.33. The number of hydrogen-bond donors (Lipinski definition) is 1. The Kier molecular flexibility index (Phi) is 7.12. The molecular formula is C27H29F4N3O. The van der Waals surface area contributed by atoms with Crippen LogP contribution in [0.2, 0.25) is 0 Å². The molecular weight excluding hydrogens is 458 g/mol. The number of aryl methyl sites for hydroxylation is 2. The van der Waals surface area contributed by atoms with E-state index in [-0.39, 0.29) is 11.9 Å². The van der Waals surface area contributed by atoms with E-state index in [0.29, 0.717) is 43.5 Å². The smallest absolute Gasteiger partial charge is 0.390 e. The molecule has 0 bridgehead atoms. The highest BCUT2D eigenvalue weighted by atomic mass is 19.4. The third kappa shape index (κ3) is 6.17. The van der Waals surface area contributed by atoms with Gasteiger partial charge in [0.1, 0.15) is 6.33 Å². The second-order valence-corrected chi connectivity index (χ2v) is 9.73. The lowest BCUT2D eigenvalue weighted by Gasteiger charge is -2.27. The zero-order valence-corrected chi connectivity index (χ0v) is 19.8. The fourth-order valence-corrected chi connectivity index (χ4v) is 4.62. The van der Waals surface area contributed by atoms with Crippen molar-refractivity contribution in [3.63, 3.8) is 0 Å². The Morgan fingerprint density at radius 1 is 0.943 bits per heavy atom. The summed E-state index contributed by atoms with van der Waals surface area (Å²) in [4.78, 5) is 10.2. The lowest BCUT2D eigenvalue weighted by molar-refractivity contribution is -0.137. The van der Waals surface area contributed by atoms with E-state index in [4.69, 9.17) is 0 Å². The van der Waals surface area contributed by atoms with Gasteiger partial charge in [-0.25, -0.2) is 14.4 Å². The Balaban J connectivity index is 1.47. The third-order valence-electron chi connectivity index (χ3n) is 6.30. The molecule has 1 aliphatic heterocycles. The van der Waals surface area contributed by atoms with Gasteiger partial charge in [-0.1, -0.05) is 36.4 Å². The van der Waals surface area contributed by atoms with Crippen molar-refractivity contribution in [1.29, 1.82) is 0 Å². The summed E-state index contributed by atoms with van der Waals surface area (Å²) in [5, 5.41) is 9.97. The number of rotatable bonds is 7. The molecule has 1 unspecified atom stereocenters. The summed E-state index contributed by atoms with van der Waals surface area (Å²) < 4.78 is 54.2. The Bertz CT molecular complexity index is 1140. The van der Waals surface area contributed by atoms with Crippen molar-refractivity contribution >= 4 is 5.82 Å². The first kappa shape index (κ1) is 25.1. The maximum atomic E-state index is 15.4. The fourth-order valence-electron chi connectivity index (χ4n) is 4.62. The quantitative estimate of drug-likeness (QED) is 0.411. The highest BCUT2D eigenvalue weighted by molar-refractivity contribution is 5.46. The molecule has 1 aromatic heterocycles. The van der Waals surface area contributed by atoms with Crippen molar-refractivity contribution in [1.82, 2.24) is 9.97 Å². The van der Waals surface area contributed by atoms with Gasteiger partial charge in [0.25, 0.3) is 0 Å². The van der Waals surface area contributed by atoms with Gasteiger partial charge in [-0.05, 0) is 68.4 Å². The topological polar surface area (TPSA) is 49.3 Å². The standard InChI is InChI=1S/C27H29F4N3O/c1-26(2,35)16-19-7-5-18(6-8-19)9-14-22-24(28)25(33-17-32-22)34-15-3-4-23(34)20-10-12-21(13-11-20)27(29,30)31/h5-8,10-13,17,23,35H,3-4,9,14-16H2,1-2H3. The molecule has 1 saturated heterocycles. The number of halogens is 4. The molecule has 8 heteroatoms. The van der Waals surface area contributed by atoms with Crippen LogP contribution in [0.5, 0.6) is 0 Å². The highest BCUT2D eigenvalue weighted by Crippen LogP contribution is 2.38. The lowest BCUT2D eigenvalue weighted by Crippen LogP contribution is -2.25. The summed E-state index contributed by atoms with van der Waals surface area (Å²) in [7, 11) is 0. The molecule has 4 nitrogen and oxygen atoms in total. The van der Waals surface area contributed by atoms with E-state index in [0.717, 1.165) is 29.7 Å². The first-order chi connectivity index (χ1) is 16.5. The molecule has 0 radical (unpaired) electrons. The van der Waals surface area contributed by atoms with Crippen LogP contribution in [0.25, 0.3) is 0 Å². The van der Waals surface area contributed by atoms with Gasteiger partial charge in [0, 0.05) is 13.0 Å². The summed E-state index contributed by atoms with van der Waals surface area (Å²) >= 11 is 0. The Morgan fingerprint density at radius 3 is 2.23 bits per heavy atom. The second kappa shape index (κ2) is 9.93. The summed E-state index contributed by atoms with van der Waals surface area (Å²) in [5.41, 5.74) is 1.60. The normalized spacial score (nSPS) is 16.7. The Labute approximate surface area is 202 Å². The first-order valence-electron chi connectivity index (χ1n) is 11.7. The maximum Gasteiger partial charge on any atom is 0.416 e. The van der Waals surface area contributed by atoms with Crippen molar-refractivity contribution < 1.29 is 22.7 Å². The SMILES string of the molecule is CC(C)(O)Cc1ccc(CCc2ncnc(N3CCCC3c3ccc(C(F)(F)F)cc3)c2F)cc1. The summed E-state index contributed by atoms with van der Waals surface area (Å²) in [6.45, 7) is 4.10. The minimum absolute atomic E-state index is 0.193. The molecule has 1 aliphatic rings. The van der Waals surface area contributed by atoms with Crippen molar-refractivity contribution in [2.24, 2.45) is 0 Å². The van der Waals surface area contributed by atoms with Crippen molar-refractivity contribution in [3.8, 4) is 0 Å². The molecule has 2 aromatic carbocycles. The summed E-state index contributed by atoms with van der Waals surface area (Å²) in [6, 6.07) is 12.7. The van der Waals surface area contributed by atoms with Crippen molar-refractivity contribution in [3.05, 3.63) is 88.6 Å². The Hall–Kier alpha value is -3.00. The number of nitrogens with zero attached hydrogens (tertiary/aromatic N) is 3. The molecule has 4 rings (SSSR count). The molecule has 1 fully saturated rings. The van der Waals surface area contributed by atoms with E-state index in [1.807, 2.05) is 29.2 Å². The van der Waals surface area contributed by atoms with E-state index in [1.165, 1.54) is 18.5 Å². The van der Waals surface area contributed by atoms with Gasteiger partial charge in [0.15, 0.2) is 11.6 Å². The van der Waals surface area contributed by atoms with Crippen molar-refractivity contribution in [2.45, 2.75) is 63.8 Å². The largest absolute Gasteiger partial charge is 0.416 e. The van der Waals surface area contributed by atoms with Crippen LogP contribution in [0.1, 0.15) is 60.7 Å². The van der Waals surface area contributed by atoms with E-state index >= 15 is 4.39 Å². The van der Waals surface area contributed by atoms with Gasteiger partial charge in [0.05, 0.1) is 22.9 Å². The van der Waals surface area contributed by atoms with Crippen LogP contribution < -0.4 is 4.90 Å². The first-order valence-corrected chi connectivity index (χ1v) is 11.7. The fraction of sp³-hybridized carbons (Fsp3) is 0.407. The van der Waals surface area contributed by atoms with Gasteiger partial charge in [-0.2, -0.15) is 13.2 Å². The average molecular weight is 488 g/mol. The van der Waals surface area contributed by atoms with Crippen LogP contribution >= 0.6 is 0 Å². The zero-order chi connectivity index (χ0) is 25.2. The number of alkyl halides is 3. The average Bonchev–Trinajstić information content (AvgIpc) is 3.27. The third-order valence-corrected chi connectivity index (χ3v) is 6.30. The zero-order valence-electron chi connectivity index (χ0n) is 19.8. The van der Waals surface area contributed by atoms with E-state index in [9.17, 15) is 18.3 Å².